The van der Waals surface area contributed by atoms with E-state index in [2.05, 4.69) is 5.32 Å². The molecule has 0 aliphatic carbocycles. The van der Waals surface area contributed by atoms with Gasteiger partial charge in [-0.05, 0) is 24.0 Å². The molecule has 31 heavy (non-hydrogen) atoms. The van der Waals surface area contributed by atoms with Crippen LogP contribution in [-0.4, -0.2) is 53.7 Å². The van der Waals surface area contributed by atoms with E-state index in [1.165, 1.54) is 13.2 Å². The van der Waals surface area contributed by atoms with E-state index in [1.807, 2.05) is 30.3 Å². The van der Waals surface area contributed by atoms with E-state index in [0.717, 1.165) is 11.6 Å². The molecule has 0 unspecified atom stereocenters. The molecule has 10 nitrogen and oxygen atoms in total. The standard InChI is InChI=1S/C21H23N3O7/c1-30-18-10-16(20(25)26)9-17(24(28)29)19(18)22-11-15-7-8-23(12-15)21(27)31-13-14-5-3-2-4-6-14/h2-6,9-10,15,22H,7-8,11-13H2,1H3,(H,25,26)/t15-/m1/s1. The summed E-state index contributed by atoms with van der Waals surface area (Å²) in [6.45, 7) is 1.52. The molecular formula is C21H23N3O7. The summed E-state index contributed by atoms with van der Waals surface area (Å²) in [7, 11) is 1.32. The number of carboxylic acids is 1. The number of ether oxygens (including phenoxy) is 2. The molecule has 1 heterocycles. The molecule has 0 aromatic heterocycles. The van der Waals surface area contributed by atoms with Crippen molar-refractivity contribution in [2.75, 3.05) is 32.1 Å². The van der Waals surface area contributed by atoms with Crippen LogP contribution in [0.5, 0.6) is 5.75 Å². The molecule has 164 valence electrons. The number of rotatable bonds is 8. The zero-order valence-electron chi connectivity index (χ0n) is 16.9. The number of methoxy groups -OCH3 is 1. The van der Waals surface area contributed by atoms with Crippen LogP contribution < -0.4 is 10.1 Å². The van der Waals surface area contributed by atoms with Crippen molar-refractivity contribution < 1.29 is 29.1 Å². The van der Waals surface area contributed by atoms with Gasteiger partial charge in [0.05, 0.1) is 17.6 Å². The maximum absolute atomic E-state index is 12.3. The van der Waals surface area contributed by atoms with Crippen molar-refractivity contribution in [1.29, 1.82) is 0 Å². The van der Waals surface area contributed by atoms with Gasteiger partial charge in [0.15, 0.2) is 5.69 Å². The number of carboxylic acid groups (broad SMARTS) is 1. The highest BCUT2D eigenvalue weighted by molar-refractivity contribution is 5.91. The van der Waals surface area contributed by atoms with Gasteiger partial charge in [0.25, 0.3) is 5.69 Å². The summed E-state index contributed by atoms with van der Waals surface area (Å²) in [4.78, 5) is 35.9. The van der Waals surface area contributed by atoms with Gasteiger partial charge in [0.1, 0.15) is 12.4 Å². The van der Waals surface area contributed by atoms with E-state index >= 15 is 0 Å². The highest BCUT2D eigenvalue weighted by atomic mass is 16.6. The molecule has 1 saturated heterocycles. The number of amides is 1. The van der Waals surface area contributed by atoms with Crippen LogP contribution in [0.4, 0.5) is 16.2 Å². The second kappa shape index (κ2) is 9.79. The molecule has 0 radical (unpaired) electrons. The highest BCUT2D eigenvalue weighted by Gasteiger charge is 2.29. The normalized spacial score (nSPS) is 15.4. The molecule has 1 aliphatic rings. The smallest absolute Gasteiger partial charge is 0.410 e. The molecule has 10 heteroatoms. The molecule has 1 atom stereocenters. The number of aromatic carboxylic acids is 1. The molecule has 1 aliphatic heterocycles. The van der Waals surface area contributed by atoms with Gasteiger partial charge in [-0.2, -0.15) is 0 Å². The van der Waals surface area contributed by atoms with Gasteiger partial charge in [-0.15, -0.1) is 0 Å². The SMILES string of the molecule is COc1cc(C(=O)O)cc([N+](=O)[O-])c1NC[C@H]1CCN(C(=O)OCc2ccccc2)C1. The number of nitrogens with zero attached hydrogens (tertiary/aromatic N) is 2. The Labute approximate surface area is 178 Å². The van der Waals surface area contributed by atoms with E-state index in [4.69, 9.17) is 14.6 Å². The number of hydrogen-bond acceptors (Lipinski definition) is 7. The summed E-state index contributed by atoms with van der Waals surface area (Å²) in [5.41, 5.74) is 0.399. The number of hydrogen-bond donors (Lipinski definition) is 2. The van der Waals surface area contributed by atoms with E-state index in [1.54, 1.807) is 4.90 Å². The minimum absolute atomic E-state index is 0.0488. The number of anilines is 1. The second-order valence-electron chi connectivity index (χ2n) is 7.16. The molecule has 2 aromatic carbocycles. The number of carbonyl (C=O) groups excluding carboxylic acids is 1. The quantitative estimate of drug-likeness (QED) is 0.482. The number of nitro groups is 1. The molecular weight excluding hydrogens is 406 g/mol. The fraction of sp³-hybridized carbons (Fsp3) is 0.333. The Morgan fingerprint density at radius 1 is 1.29 bits per heavy atom. The van der Waals surface area contributed by atoms with Crippen molar-refractivity contribution in [2.45, 2.75) is 13.0 Å². The first-order valence-electron chi connectivity index (χ1n) is 9.68. The minimum Gasteiger partial charge on any atom is -0.494 e. The number of nitrogens with one attached hydrogen (secondary N) is 1. The molecule has 0 bridgehead atoms. The largest absolute Gasteiger partial charge is 0.494 e. The van der Waals surface area contributed by atoms with Crippen molar-refractivity contribution >= 4 is 23.4 Å². The first-order chi connectivity index (χ1) is 14.9. The lowest BCUT2D eigenvalue weighted by Gasteiger charge is -2.18. The lowest BCUT2D eigenvalue weighted by molar-refractivity contribution is -0.384. The minimum atomic E-state index is -1.28. The van der Waals surface area contributed by atoms with Gasteiger partial charge in [0.2, 0.25) is 0 Å². The van der Waals surface area contributed by atoms with Crippen LogP contribution in [0.1, 0.15) is 22.3 Å². The van der Waals surface area contributed by atoms with Gasteiger partial charge in [0, 0.05) is 25.7 Å². The predicted octanol–water partition coefficient (Wildman–Crippen LogP) is 3.37. The zero-order valence-corrected chi connectivity index (χ0v) is 16.9. The van der Waals surface area contributed by atoms with Crippen molar-refractivity contribution in [3.05, 3.63) is 63.7 Å². The van der Waals surface area contributed by atoms with E-state index in [-0.39, 0.29) is 35.2 Å². The van der Waals surface area contributed by atoms with E-state index in [0.29, 0.717) is 26.1 Å². The summed E-state index contributed by atoms with van der Waals surface area (Å²) in [5, 5.41) is 23.6. The molecule has 1 amide bonds. The third-order valence-corrected chi connectivity index (χ3v) is 5.06. The maximum atomic E-state index is 12.3. The van der Waals surface area contributed by atoms with Crippen LogP contribution in [0, 0.1) is 16.0 Å². The Bertz CT molecular complexity index is 965. The zero-order chi connectivity index (χ0) is 22.4. The Morgan fingerprint density at radius 2 is 2.03 bits per heavy atom. The lowest BCUT2D eigenvalue weighted by atomic mass is 10.1. The van der Waals surface area contributed by atoms with Crippen molar-refractivity contribution in [1.82, 2.24) is 4.90 Å². The van der Waals surface area contributed by atoms with Crippen molar-refractivity contribution in [2.24, 2.45) is 5.92 Å². The van der Waals surface area contributed by atoms with Gasteiger partial charge >= 0.3 is 12.1 Å². The lowest BCUT2D eigenvalue weighted by Crippen LogP contribution is -2.30. The first kappa shape index (κ1) is 21.9. The van der Waals surface area contributed by atoms with Crippen LogP contribution in [0.15, 0.2) is 42.5 Å². The molecule has 0 saturated carbocycles. The van der Waals surface area contributed by atoms with Crippen LogP contribution in [0.25, 0.3) is 0 Å². The van der Waals surface area contributed by atoms with Gasteiger partial charge < -0.3 is 24.8 Å². The Morgan fingerprint density at radius 3 is 2.68 bits per heavy atom. The summed E-state index contributed by atoms with van der Waals surface area (Å²) < 4.78 is 10.5. The van der Waals surface area contributed by atoms with Crippen LogP contribution in [-0.2, 0) is 11.3 Å². The Kier molecular flexibility index (Phi) is 6.91. The Hall–Kier alpha value is -3.82. The van der Waals surface area contributed by atoms with E-state index < -0.39 is 17.0 Å². The molecule has 0 spiro atoms. The van der Waals surface area contributed by atoms with Gasteiger partial charge in [-0.3, -0.25) is 10.1 Å². The number of benzene rings is 2. The van der Waals surface area contributed by atoms with Gasteiger partial charge in [-0.1, -0.05) is 30.3 Å². The number of nitro benzene ring substituents is 1. The topological polar surface area (TPSA) is 131 Å². The third kappa shape index (κ3) is 5.41. The van der Waals surface area contributed by atoms with Crippen LogP contribution in [0.3, 0.4) is 0 Å². The highest BCUT2D eigenvalue weighted by Crippen LogP contribution is 2.36. The molecule has 1 fully saturated rings. The summed E-state index contributed by atoms with van der Waals surface area (Å²) in [6, 6.07) is 11.6. The average Bonchev–Trinajstić information content (AvgIpc) is 3.25. The second-order valence-corrected chi connectivity index (χ2v) is 7.16. The molecule has 3 rings (SSSR count). The molecule has 2 N–H and O–H groups in total. The summed E-state index contributed by atoms with van der Waals surface area (Å²) in [6.07, 6.45) is 0.303. The van der Waals surface area contributed by atoms with Crippen molar-refractivity contribution in [3.8, 4) is 5.75 Å². The average molecular weight is 429 g/mol. The monoisotopic (exact) mass is 429 g/mol. The fourth-order valence-electron chi connectivity index (χ4n) is 3.43. The van der Waals surface area contributed by atoms with E-state index in [9.17, 15) is 19.7 Å². The summed E-state index contributed by atoms with van der Waals surface area (Å²) >= 11 is 0. The Balaban J connectivity index is 1.60. The van der Waals surface area contributed by atoms with Gasteiger partial charge in [-0.25, -0.2) is 9.59 Å². The van der Waals surface area contributed by atoms with Crippen molar-refractivity contribution in [3.63, 3.8) is 0 Å². The maximum Gasteiger partial charge on any atom is 0.410 e. The fourth-order valence-corrected chi connectivity index (χ4v) is 3.43. The number of likely N-dealkylation sites (tertiary alicyclic amines) is 1. The first-order valence-corrected chi connectivity index (χ1v) is 9.68. The summed E-state index contributed by atoms with van der Waals surface area (Å²) in [5.74, 6) is -1.16. The van der Waals surface area contributed by atoms with Crippen LogP contribution >= 0.6 is 0 Å². The third-order valence-electron chi connectivity index (χ3n) is 5.06. The molecule has 2 aromatic rings. The van der Waals surface area contributed by atoms with Crippen LogP contribution in [0.2, 0.25) is 0 Å². The number of carbonyl (C=O) groups is 2. The predicted molar refractivity (Wildman–Crippen MR) is 111 cm³/mol.